The predicted octanol–water partition coefficient (Wildman–Crippen LogP) is 5.80. The summed E-state index contributed by atoms with van der Waals surface area (Å²) < 4.78 is 8.03. The molecule has 3 aromatic carbocycles. The van der Waals surface area contributed by atoms with Gasteiger partial charge in [-0.15, -0.1) is 16.8 Å². The molecule has 1 amide bonds. The van der Waals surface area contributed by atoms with E-state index < -0.39 is 0 Å². The maximum Gasteiger partial charge on any atom is 0.234 e. The van der Waals surface area contributed by atoms with Gasteiger partial charge < -0.3 is 10.1 Å². The Morgan fingerprint density at radius 2 is 1.91 bits per heavy atom. The Kier molecular flexibility index (Phi) is 7.65. The lowest BCUT2D eigenvalue weighted by atomic mass is 10.1. The van der Waals surface area contributed by atoms with E-state index in [-0.39, 0.29) is 18.3 Å². The van der Waals surface area contributed by atoms with Crippen molar-refractivity contribution in [2.45, 2.75) is 38.6 Å². The van der Waals surface area contributed by atoms with Gasteiger partial charge in [0.15, 0.2) is 11.0 Å². The molecule has 0 spiro atoms. The molecule has 0 radical (unpaired) electrons. The van der Waals surface area contributed by atoms with E-state index in [1.54, 1.807) is 6.08 Å². The molecule has 34 heavy (non-hydrogen) atoms. The maximum atomic E-state index is 12.7. The van der Waals surface area contributed by atoms with Gasteiger partial charge in [-0.25, -0.2) is 0 Å². The highest BCUT2D eigenvalue weighted by Crippen LogP contribution is 2.27. The molecule has 0 aliphatic carbocycles. The smallest absolute Gasteiger partial charge is 0.234 e. The van der Waals surface area contributed by atoms with Gasteiger partial charge in [-0.3, -0.25) is 9.36 Å². The van der Waals surface area contributed by atoms with E-state index in [0.717, 1.165) is 39.8 Å². The summed E-state index contributed by atoms with van der Waals surface area (Å²) in [5.41, 5.74) is 3.08. The van der Waals surface area contributed by atoms with Gasteiger partial charge in [0.2, 0.25) is 5.91 Å². The lowest BCUT2D eigenvalue weighted by molar-refractivity contribution is -0.113. The van der Waals surface area contributed by atoms with Crippen LogP contribution in [0.3, 0.4) is 0 Å². The van der Waals surface area contributed by atoms with Crippen LogP contribution in [0, 0.1) is 6.92 Å². The Morgan fingerprint density at radius 1 is 1.12 bits per heavy atom. The third-order valence-electron chi connectivity index (χ3n) is 5.55. The molecule has 4 rings (SSSR count). The second kappa shape index (κ2) is 11.0. The van der Waals surface area contributed by atoms with Crippen LogP contribution in [0.25, 0.3) is 10.8 Å². The number of fused-ring (bicyclic) bond motifs is 1. The van der Waals surface area contributed by atoms with Crippen molar-refractivity contribution in [3.63, 3.8) is 0 Å². The normalized spacial score (nSPS) is 10.9. The molecule has 4 aromatic rings. The molecule has 0 saturated carbocycles. The molecule has 1 heterocycles. The number of thioether (sulfide) groups is 1. The van der Waals surface area contributed by atoms with Gasteiger partial charge in [0.1, 0.15) is 12.4 Å². The predicted molar refractivity (Wildman–Crippen MR) is 138 cm³/mol. The highest BCUT2D eigenvalue weighted by Gasteiger charge is 2.16. The first-order valence-corrected chi connectivity index (χ1v) is 12.2. The van der Waals surface area contributed by atoms with E-state index in [9.17, 15) is 4.79 Å². The van der Waals surface area contributed by atoms with Gasteiger partial charge in [0.25, 0.3) is 0 Å². The van der Waals surface area contributed by atoms with Crippen LogP contribution < -0.4 is 10.1 Å². The van der Waals surface area contributed by atoms with Crippen LogP contribution in [0.4, 0.5) is 5.69 Å². The van der Waals surface area contributed by atoms with Crippen LogP contribution in [-0.4, -0.2) is 26.4 Å². The fraction of sp³-hybridized carbons (Fsp3) is 0.222. The number of aromatic nitrogens is 3. The molecule has 0 aliphatic heterocycles. The number of benzene rings is 3. The van der Waals surface area contributed by atoms with Crippen LogP contribution in [0.5, 0.6) is 5.75 Å². The largest absolute Gasteiger partial charge is 0.485 e. The Labute approximate surface area is 204 Å². The molecule has 0 bridgehead atoms. The molecule has 0 fully saturated rings. The summed E-state index contributed by atoms with van der Waals surface area (Å²) in [5, 5.41) is 14.5. The van der Waals surface area contributed by atoms with Crippen LogP contribution >= 0.6 is 11.8 Å². The minimum atomic E-state index is -0.0734. The van der Waals surface area contributed by atoms with Gasteiger partial charge in [0, 0.05) is 17.6 Å². The zero-order valence-corrected chi connectivity index (χ0v) is 20.3. The molecule has 174 valence electrons. The SMILES string of the molecule is C=CCn1c(COc2cccc3ccccc23)nnc1SCC(=O)Nc1c(C)cccc1CC. The molecule has 0 aliphatic rings. The monoisotopic (exact) mass is 472 g/mol. The van der Waals surface area contributed by atoms with Gasteiger partial charge in [-0.2, -0.15) is 0 Å². The molecule has 1 N–H and O–H groups in total. The van der Waals surface area contributed by atoms with Crippen LogP contribution in [0.2, 0.25) is 0 Å². The van der Waals surface area contributed by atoms with Crippen molar-refractivity contribution in [2.75, 3.05) is 11.1 Å². The summed E-state index contributed by atoms with van der Waals surface area (Å²) in [5.74, 6) is 1.64. The Morgan fingerprint density at radius 3 is 2.74 bits per heavy atom. The van der Waals surface area contributed by atoms with Gasteiger partial charge >= 0.3 is 0 Å². The molecular formula is C27H28N4O2S. The number of ether oxygens (including phenoxy) is 1. The third-order valence-corrected chi connectivity index (χ3v) is 6.52. The minimum absolute atomic E-state index is 0.0734. The molecule has 7 heteroatoms. The number of hydrogen-bond acceptors (Lipinski definition) is 5. The first kappa shape index (κ1) is 23.6. The molecule has 0 saturated heterocycles. The van der Waals surface area contributed by atoms with Crippen molar-refractivity contribution in [1.82, 2.24) is 14.8 Å². The molecule has 0 atom stereocenters. The number of nitrogens with zero attached hydrogens (tertiary/aromatic N) is 3. The number of carbonyl (C=O) groups is 1. The van der Waals surface area contributed by atoms with Crippen molar-refractivity contribution >= 4 is 34.1 Å². The minimum Gasteiger partial charge on any atom is -0.485 e. The van der Waals surface area contributed by atoms with Crippen molar-refractivity contribution in [3.8, 4) is 5.75 Å². The number of amides is 1. The van der Waals surface area contributed by atoms with E-state index in [1.807, 2.05) is 60.0 Å². The lowest BCUT2D eigenvalue weighted by Gasteiger charge is -2.13. The summed E-state index contributed by atoms with van der Waals surface area (Å²) in [6.07, 6.45) is 2.65. The number of aryl methyl sites for hydroxylation is 2. The Bertz CT molecular complexity index is 1310. The summed E-state index contributed by atoms with van der Waals surface area (Å²) in [7, 11) is 0. The van der Waals surface area contributed by atoms with Crippen LogP contribution in [-0.2, 0) is 24.4 Å². The number of para-hydroxylation sites is 1. The van der Waals surface area contributed by atoms with Gasteiger partial charge in [-0.1, -0.05) is 79.4 Å². The molecular weight excluding hydrogens is 444 g/mol. The van der Waals surface area contributed by atoms with Gasteiger partial charge in [0.05, 0.1) is 5.75 Å². The second-order valence-electron chi connectivity index (χ2n) is 7.86. The number of rotatable bonds is 10. The average Bonchev–Trinajstić information content (AvgIpc) is 3.24. The average molecular weight is 473 g/mol. The number of hydrogen-bond donors (Lipinski definition) is 1. The van der Waals surface area contributed by atoms with E-state index >= 15 is 0 Å². The summed E-state index contributed by atoms with van der Waals surface area (Å²) in [6, 6.07) is 20.1. The Balaban J connectivity index is 1.44. The molecule has 6 nitrogen and oxygen atoms in total. The topological polar surface area (TPSA) is 69.0 Å². The first-order valence-electron chi connectivity index (χ1n) is 11.3. The number of allylic oxidation sites excluding steroid dienone is 1. The fourth-order valence-corrected chi connectivity index (χ4v) is 4.58. The van der Waals surface area contributed by atoms with Crippen molar-refractivity contribution in [2.24, 2.45) is 0 Å². The zero-order valence-electron chi connectivity index (χ0n) is 19.5. The van der Waals surface area contributed by atoms with Crippen molar-refractivity contribution < 1.29 is 9.53 Å². The number of nitrogens with one attached hydrogen (secondary N) is 1. The van der Waals surface area contributed by atoms with Gasteiger partial charge in [-0.05, 0) is 35.9 Å². The standard InChI is InChI=1S/C27H28N4O2S/c1-4-16-31-24(17-33-23-15-9-13-21-11-6-7-14-22(21)23)29-30-27(31)34-18-25(32)28-26-19(3)10-8-12-20(26)5-2/h4,6-15H,1,5,16-18H2,2-3H3,(H,28,32). The second-order valence-corrected chi connectivity index (χ2v) is 8.81. The van der Waals surface area contributed by atoms with E-state index in [0.29, 0.717) is 17.5 Å². The zero-order chi connectivity index (χ0) is 23.9. The fourth-order valence-electron chi connectivity index (χ4n) is 3.82. The quantitative estimate of drug-likeness (QED) is 0.233. The maximum absolute atomic E-state index is 12.7. The van der Waals surface area contributed by atoms with E-state index in [1.165, 1.54) is 11.8 Å². The summed E-state index contributed by atoms with van der Waals surface area (Å²) in [6.45, 7) is 8.74. The highest BCUT2D eigenvalue weighted by atomic mass is 32.2. The van der Waals surface area contributed by atoms with Crippen molar-refractivity contribution in [1.29, 1.82) is 0 Å². The van der Waals surface area contributed by atoms with E-state index in [2.05, 4.69) is 41.1 Å². The third kappa shape index (κ3) is 5.31. The lowest BCUT2D eigenvalue weighted by Crippen LogP contribution is -2.17. The first-order chi connectivity index (χ1) is 16.6. The summed E-state index contributed by atoms with van der Waals surface area (Å²) >= 11 is 1.35. The van der Waals surface area contributed by atoms with Crippen LogP contribution in [0.15, 0.2) is 78.5 Å². The number of anilines is 1. The molecule has 1 aromatic heterocycles. The van der Waals surface area contributed by atoms with E-state index in [4.69, 9.17) is 4.74 Å². The summed E-state index contributed by atoms with van der Waals surface area (Å²) in [4.78, 5) is 12.7. The number of carbonyl (C=O) groups excluding carboxylic acids is 1. The van der Waals surface area contributed by atoms with Crippen LogP contribution in [0.1, 0.15) is 23.9 Å². The van der Waals surface area contributed by atoms with Crippen molar-refractivity contribution in [3.05, 3.63) is 90.3 Å². The molecule has 0 unspecified atom stereocenters. The Hall–Kier alpha value is -3.58. The highest BCUT2D eigenvalue weighted by molar-refractivity contribution is 7.99.